The van der Waals surface area contributed by atoms with Crippen LogP contribution in [0.25, 0.3) is 76.8 Å². The van der Waals surface area contributed by atoms with Gasteiger partial charge in [0, 0.05) is 16.9 Å². The minimum absolute atomic E-state index is 0.551. The van der Waals surface area contributed by atoms with E-state index in [-0.39, 0.29) is 0 Å². The molecule has 12 aromatic carbocycles. The first kappa shape index (κ1) is 39.6. The van der Waals surface area contributed by atoms with Crippen molar-refractivity contribution in [1.82, 2.24) is 0 Å². The van der Waals surface area contributed by atoms with Gasteiger partial charge in [0.05, 0.1) is 11.1 Å². The van der Waals surface area contributed by atoms with E-state index < -0.39 is 5.41 Å². The molecule has 13 rings (SSSR count). The Bertz CT molecular complexity index is 3810. The van der Waals surface area contributed by atoms with Gasteiger partial charge in [-0.25, -0.2) is 0 Å². The van der Waals surface area contributed by atoms with Crippen LogP contribution in [0.15, 0.2) is 273 Å². The van der Waals surface area contributed by atoms with Gasteiger partial charge >= 0.3 is 0 Å². The first-order valence-corrected chi connectivity index (χ1v) is 23.6. The van der Waals surface area contributed by atoms with E-state index in [1.165, 1.54) is 82.4 Å². The molecule has 68 heavy (non-hydrogen) atoms. The highest BCUT2D eigenvalue weighted by Gasteiger charge is 2.46. The summed E-state index contributed by atoms with van der Waals surface area (Å²) in [6.07, 6.45) is 0. The highest BCUT2D eigenvalue weighted by Crippen LogP contribution is 2.57. The number of benzene rings is 12. The van der Waals surface area contributed by atoms with Crippen LogP contribution in [0.4, 0.5) is 17.1 Å². The molecule has 0 aliphatic heterocycles. The predicted molar refractivity (Wildman–Crippen MR) is 287 cm³/mol. The number of rotatable bonds is 8. The Balaban J connectivity index is 1.08. The summed E-state index contributed by atoms with van der Waals surface area (Å²) < 4.78 is 0. The minimum atomic E-state index is -0.551. The summed E-state index contributed by atoms with van der Waals surface area (Å²) in [5.74, 6) is 0. The Morgan fingerprint density at radius 3 is 1.25 bits per heavy atom. The summed E-state index contributed by atoms with van der Waals surface area (Å²) in [7, 11) is 0. The Labute approximate surface area is 397 Å². The van der Waals surface area contributed by atoms with Crippen LogP contribution in [-0.4, -0.2) is 0 Å². The maximum Gasteiger partial charge on any atom is 0.0714 e. The van der Waals surface area contributed by atoms with Gasteiger partial charge in [-0.3, -0.25) is 0 Å². The van der Waals surface area contributed by atoms with E-state index in [2.05, 4.69) is 278 Å². The van der Waals surface area contributed by atoms with Gasteiger partial charge in [-0.1, -0.05) is 224 Å². The van der Waals surface area contributed by atoms with Gasteiger partial charge in [0.15, 0.2) is 0 Å². The third kappa shape index (κ3) is 6.55. The van der Waals surface area contributed by atoms with Crippen molar-refractivity contribution in [1.29, 1.82) is 0 Å². The van der Waals surface area contributed by atoms with Crippen molar-refractivity contribution in [3.05, 3.63) is 295 Å². The monoisotopic (exact) mass is 863 g/mol. The third-order valence-corrected chi connectivity index (χ3v) is 14.3. The second kappa shape index (κ2) is 16.3. The smallest absolute Gasteiger partial charge is 0.0714 e. The molecule has 1 heteroatoms. The normalized spacial score (nSPS) is 12.5. The molecule has 0 unspecified atom stereocenters. The van der Waals surface area contributed by atoms with Gasteiger partial charge in [0.1, 0.15) is 0 Å². The average molecular weight is 864 g/mol. The molecule has 1 nitrogen and oxygen atoms in total. The molecule has 0 aromatic heterocycles. The molecule has 0 atom stereocenters. The van der Waals surface area contributed by atoms with Crippen LogP contribution in [0, 0.1) is 0 Å². The summed E-state index contributed by atoms with van der Waals surface area (Å²) in [5.41, 5.74) is 17.3. The Morgan fingerprint density at radius 1 is 0.235 bits per heavy atom. The lowest BCUT2D eigenvalue weighted by molar-refractivity contribution is 0.768. The second-order valence-corrected chi connectivity index (χ2v) is 18.1. The van der Waals surface area contributed by atoms with Crippen LogP contribution < -0.4 is 4.90 Å². The van der Waals surface area contributed by atoms with E-state index in [1.807, 2.05) is 0 Å². The predicted octanol–water partition coefficient (Wildman–Crippen LogP) is 18.0. The van der Waals surface area contributed by atoms with Gasteiger partial charge in [-0.05, 0) is 142 Å². The van der Waals surface area contributed by atoms with Crippen LogP contribution in [0.3, 0.4) is 0 Å². The number of hydrogen-bond acceptors (Lipinski definition) is 1. The molecule has 1 aliphatic rings. The van der Waals surface area contributed by atoms with Crippen molar-refractivity contribution >= 4 is 49.4 Å². The third-order valence-electron chi connectivity index (χ3n) is 14.3. The van der Waals surface area contributed by atoms with Crippen molar-refractivity contribution in [2.45, 2.75) is 5.41 Å². The van der Waals surface area contributed by atoms with Crippen LogP contribution in [0.1, 0.15) is 22.3 Å². The standard InChI is InChI=1S/C67H45N/c1-3-21-57(22-4-1)67(58-23-5-2-6-24-58)64-26-14-13-25-62(64)63-40-38-60(45-65(63)67)68(59-36-33-49(34-37-59)53-30-27-46-15-7-10-18-50(46)41-53)66-44-55(54-31-28-47-16-8-11-19-51(47)42-54)35-39-61(66)56-32-29-48-17-9-12-20-52(48)43-56/h1-45H. The van der Waals surface area contributed by atoms with E-state index in [1.54, 1.807) is 0 Å². The molecule has 318 valence electrons. The van der Waals surface area contributed by atoms with Gasteiger partial charge in [0.25, 0.3) is 0 Å². The molecular formula is C67H45N. The number of hydrogen-bond donors (Lipinski definition) is 0. The van der Waals surface area contributed by atoms with Gasteiger partial charge < -0.3 is 4.90 Å². The van der Waals surface area contributed by atoms with E-state index in [0.29, 0.717) is 0 Å². The number of fused-ring (bicyclic) bond motifs is 6. The van der Waals surface area contributed by atoms with Crippen molar-refractivity contribution in [2.24, 2.45) is 0 Å². The van der Waals surface area contributed by atoms with E-state index in [4.69, 9.17) is 0 Å². The first-order chi connectivity index (χ1) is 33.7. The summed E-state index contributed by atoms with van der Waals surface area (Å²) in [4.78, 5) is 2.50. The highest BCUT2D eigenvalue weighted by atomic mass is 15.1. The Hall–Kier alpha value is -8.78. The molecule has 0 spiro atoms. The van der Waals surface area contributed by atoms with Gasteiger partial charge in [-0.15, -0.1) is 0 Å². The maximum atomic E-state index is 2.50. The molecule has 0 heterocycles. The molecule has 0 radical (unpaired) electrons. The van der Waals surface area contributed by atoms with Gasteiger partial charge in [-0.2, -0.15) is 0 Å². The van der Waals surface area contributed by atoms with Crippen molar-refractivity contribution in [3.63, 3.8) is 0 Å². The van der Waals surface area contributed by atoms with E-state index >= 15 is 0 Å². The van der Waals surface area contributed by atoms with Crippen molar-refractivity contribution < 1.29 is 0 Å². The fraction of sp³-hybridized carbons (Fsp3) is 0.0149. The molecule has 0 bridgehead atoms. The fourth-order valence-electron chi connectivity index (χ4n) is 11.0. The SMILES string of the molecule is c1ccc(C2(c3ccccc3)c3ccccc3-c3ccc(N(c4ccc(-c5ccc6ccccc6c5)cc4)c4cc(-c5ccc6ccccc6c5)ccc4-c4ccc5ccccc5c4)cc32)cc1. The van der Waals surface area contributed by atoms with E-state index in [0.717, 1.165) is 33.8 Å². The molecule has 0 saturated carbocycles. The zero-order valence-corrected chi connectivity index (χ0v) is 37.4. The summed E-state index contributed by atoms with van der Waals surface area (Å²) >= 11 is 0. The van der Waals surface area contributed by atoms with Crippen LogP contribution in [-0.2, 0) is 5.41 Å². The lowest BCUT2D eigenvalue weighted by atomic mass is 9.67. The molecule has 0 saturated heterocycles. The molecule has 0 amide bonds. The number of anilines is 3. The molecule has 12 aromatic rings. The van der Waals surface area contributed by atoms with Gasteiger partial charge in [0.2, 0.25) is 0 Å². The average Bonchev–Trinajstić information content (AvgIpc) is 3.71. The lowest BCUT2D eigenvalue weighted by Crippen LogP contribution is -2.28. The largest absolute Gasteiger partial charge is 0.310 e. The maximum absolute atomic E-state index is 2.50. The minimum Gasteiger partial charge on any atom is -0.310 e. The zero-order chi connectivity index (χ0) is 45.0. The second-order valence-electron chi connectivity index (χ2n) is 18.1. The van der Waals surface area contributed by atoms with Crippen LogP contribution in [0.5, 0.6) is 0 Å². The van der Waals surface area contributed by atoms with Crippen molar-refractivity contribution in [2.75, 3.05) is 4.90 Å². The highest BCUT2D eigenvalue weighted by molar-refractivity contribution is 5.97. The zero-order valence-electron chi connectivity index (χ0n) is 37.4. The quantitative estimate of drug-likeness (QED) is 0.147. The van der Waals surface area contributed by atoms with Crippen molar-refractivity contribution in [3.8, 4) is 44.5 Å². The van der Waals surface area contributed by atoms with E-state index in [9.17, 15) is 0 Å². The first-order valence-electron chi connectivity index (χ1n) is 23.6. The van der Waals surface area contributed by atoms with Crippen LogP contribution >= 0.6 is 0 Å². The summed E-state index contributed by atoms with van der Waals surface area (Å²) in [5, 5.41) is 7.38. The Morgan fingerprint density at radius 2 is 0.647 bits per heavy atom. The molecule has 1 aliphatic carbocycles. The number of nitrogens with zero attached hydrogens (tertiary/aromatic N) is 1. The molecule has 0 fully saturated rings. The van der Waals surface area contributed by atoms with Crippen LogP contribution in [0.2, 0.25) is 0 Å². The Kier molecular flexibility index (Phi) is 9.47. The lowest BCUT2D eigenvalue weighted by Gasteiger charge is -2.35. The molecule has 0 N–H and O–H groups in total. The summed E-state index contributed by atoms with van der Waals surface area (Å²) in [6, 6.07) is 101. The topological polar surface area (TPSA) is 3.24 Å². The fourth-order valence-corrected chi connectivity index (χ4v) is 11.0. The summed E-state index contributed by atoms with van der Waals surface area (Å²) in [6.45, 7) is 0. The molecular weight excluding hydrogens is 819 g/mol.